The minimum Gasteiger partial charge on any atom is -0.379 e. The third-order valence-corrected chi connectivity index (χ3v) is 9.74. The molecule has 1 aromatic carbocycles. The summed E-state index contributed by atoms with van der Waals surface area (Å²) in [6.45, 7) is 1.60. The number of hydrogen-bond donors (Lipinski definition) is 1. The van der Waals surface area contributed by atoms with Crippen molar-refractivity contribution in [2.45, 2.75) is 30.0 Å². The number of ether oxygens (including phenoxy) is 1. The standard InChI is InChI=1S/C21H28N4O5S2/c22-14-17-6-7-23-21(12-17)31(26,27)16-20-13-19(18-4-2-1-3-5-18)15-25(20)32(28,29)24-8-10-30-11-9-24/h1-7,12,19-20H,8-11,13-16,22H2. The molecular weight excluding hydrogens is 452 g/mol. The Hall–Kier alpha value is -1.89. The van der Waals surface area contributed by atoms with Crippen molar-refractivity contribution < 1.29 is 21.6 Å². The number of nitrogens with zero attached hydrogens (tertiary/aromatic N) is 3. The van der Waals surface area contributed by atoms with Crippen LogP contribution in [0.3, 0.4) is 0 Å². The number of hydrogen-bond acceptors (Lipinski definition) is 7. The molecule has 0 spiro atoms. The molecule has 11 heteroatoms. The van der Waals surface area contributed by atoms with Gasteiger partial charge in [0.2, 0.25) is 0 Å². The molecule has 2 atom stereocenters. The fraction of sp³-hybridized carbons (Fsp3) is 0.476. The minimum absolute atomic E-state index is 0.0765. The van der Waals surface area contributed by atoms with Gasteiger partial charge in [0.1, 0.15) is 0 Å². The van der Waals surface area contributed by atoms with Crippen molar-refractivity contribution in [3.63, 3.8) is 0 Å². The first-order chi connectivity index (χ1) is 15.3. The van der Waals surface area contributed by atoms with Crippen molar-refractivity contribution >= 4 is 20.0 Å². The maximum Gasteiger partial charge on any atom is 0.282 e. The topological polar surface area (TPSA) is 123 Å². The summed E-state index contributed by atoms with van der Waals surface area (Å²) in [4.78, 5) is 4.02. The van der Waals surface area contributed by atoms with Gasteiger partial charge in [0.05, 0.1) is 19.0 Å². The van der Waals surface area contributed by atoms with Crippen molar-refractivity contribution in [3.05, 3.63) is 59.8 Å². The molecular formula is C21H28N4O5S2. The molecule has 2 fully saturated rings. The van der Waals surface area contributed by atoms with Crippen LogP contribution < -0.4 is 5.73 Å². The van der Waals surface area contributed by atoms with E-state index in [2.05, 4.69) is 4.98 Å². The minimum atomic E-state index is -3.84. The lowest BCUT2D eigenvalue weighted by Crippen LogP contribution is -2.51. The van der Waals surface area contributed by atoms with E-state index in [0.29, 0.717) is 25.2 Å². The van der Waals surface area contributed by atoms with E-state index in [-0.39, 0.29) is 42.9 Å². The highest BCUT2D eigenvalue weighted by Gasteiger charge is 2.45. The highest BCUT2D eigenvalue weighted by atomic mass is 32.2. The predicted molar refractivity (Wildman–Crippen MR) is 120 cm³/mol. The second-order valence-electron chi connectivity index (χ2n) is 8.07. The summed E-state index contributed by atoms with van der Waals surface area (Å²) >= 11 is 0. The lowest BCUT2D eigenvalue weighted by molar-refractivity contribution is 0.0700. The highest BCUT2D eigenvalue weighted by molar-refractivity contribution is 7.91. The van der Waals surface area contributed by atoms with Crippen LogP contribution in [-0.2, 0) is 31.3 Å². The zero-order valence-electron chi connectivity index (χ0n) is 17.7. The van der Waals surface area contributed by atoms with E-state index in [1.807, 2.05) is 30.3 Å². The van der Waals surface area contributed by atoms with Crippen LogP contribution in [0.25, 0.3) is 0 Å². The van der Waals surface area contributed by atoms with Crippen LogP contribution in [0.15, 0.2) is 53.7 Å². The van der Waals surface area contributed by atoms with Crippen LogP contribution in [0.1, 0.15) is 23.5 Å². The smallest absolute Gasteiger partial charge is 0.282 e. The van der Waals surface area contributed by atoms with E-state index in [1.165, 1.54) is 20.9 Å². The molecule has 0 saturated carbocycles. The second-order valence-corrected chi connectivity index (χ2v) is 11.9. The lowest BCUT2D eigenvalue weighted by Gasteiger charge is -2.32. The largest absolute Gasteiger partial charge is 0.379 e. The maximum absolute atomic E-state index is 13.5. The molecule has 2 N–H and O–H groups in total. The molecule has 2 aliphatic rings. The summed E-state index contributed by atoms with van der Waals surface area (Å²) in [5, 5.41) is -0.0765. The van der Waals surface area contributed by atoms with Crippen molar-refractivity contribution in [1.29, 1.82) is 0 Å². The average Bonchev–Trinajstić information content (AvgIpc) is 3.24. The Labute approximate surface area is 189 Å². The Balaban J connectivity index is 1.64. The van der Waals surface area contributed by atoms with E-state index in [4.69, 9.17) is 10.5 Å². The molecule has 0 amide bonds. The third-order valence-electron chi connectivity index (χ3n) is 5.99. The summed E-state index contributed by atoms with van der Waals surface area (Å²) in [7, 11) is -7.66. The van der Waals surface area contributed by atoms with Gasteiger partial charge in [0.15, 0.2) is 14.9 Å². The first kappa shape index (κ1) is 23.3. The average molecular weight is 481 g/mol. The van der Waals surface area contributed by atoms with E-state index in [1.54, 1.807) is 6.07 Å². The molecule has 32 heavy (non-hydrogen) atoms. The summed E-state index contributed by atoms with van der Waals surface area (Å²) in [6.07, 6.45) is 1.84. The van der Waals surface area contributed by atoms with E-state index < -0.39 is 26.1 Å². The van der Waals surface area contributed by atoms with Crippen LogP contribution in [0.2, 0.25) is 0 Å². The third kappa shape index (κ3) is 4.87. The van der Waals surface area contributed by atoms with Crippen molar-refractivity contribution in [2.75, 3.05) is 38.6 Å². The summed E-state index contributed by atoms with van der Waals surface area (Å²) in [5.74, 6) is -0.420. The van der Waals surface area contributed by atoms with Gasteiger partial charge in [-0.15, -0.1) is 0 Å². The van der Waals surface area contributed by atoms with Crippen molar-refractivity contribution in [1.82, 2.24) is 13.6 Å². The van der Waals surface area contributed by atoms with Crippen LogP contribution in [0, 0.1) is 0 Å². The number of rotatable bonds is 7. The monoisotopic (exact) mass is 480 g/mol. The number of morpholine rings is 1. The van der Waals surface area contributed by atoms with Crippen molar-refractivity contribution in [2.24, 2.45) is 5.73 Å². The first-order valence-electron chi connectivity index (χ1n) is 10.6. The zero-order chi connectivity index (χ0) is 22.8. The number of benzene rings is 1. The Kier molecular flexibility index (Phi) is 6.94. The van der Waals surface area contributed by atoms with Gasteiger partial charge in [-0.3, -0.25) is 0 Å². The Morgan fingerprint density at radius 3 is 2.47 bits per heavy atom. The van der Waals surface area contributed by atoms with E-state index in [9.17, 15) is 16.8 Å². The summed E-state index contributed by atoms with van der Waals surface area (Å²) in [5.41, 5.74) is 7.30. The zero-order valence-corrected chi connectivity index (χ0v) is 19.3. The SMILES string of the molecule is NCc1ccnc(S(=O)(=O)CC2CC(c3ccccc3)CN2S(=O)(=O)N2CCOCC2)c1. The fourth-order valence-corrected chi connectivity index (χ4v) is 7.75. The van der Waals surface area contributed by atoms with Crippen LogP contribution >= 0.6 is 0 Å². The molecule has 2 aliphatic heterocycles. The van der Waals surface area contributed by atoms with Crippen molar-refractivity contribution in [3.8, 4) is 0 Å². The molecule has 3 heterocycles. The normalized spacial score (nSPS) is 23.4. The van der Waals surface area contributed by atoms with Gasteiger partial charge in [-0.25, -0.2) is 13.4 Å². The van der Waals surface area contributed by atoms with E-state index >= 15 is 0 Å². The fourth-order valence-electron chi connectivity index (χ4n) is 4.30. The van der Waals surface area contributed by atoms with Gasteiger partial charge in [-0.05, 0) is 35.6 Å². The van der Waals surface area contributed by atoms with Crippen LogP contribution in [0.5, 0.6) is 0 Å². The van der Waals surface area contributed by atoms with Gasteiger partial charge in [0, 0.05) is 38.4 Å². The number of pyridine rings is 1. The highest BCUT2D eigenvalue weighted by Crippen LogP contribution is 2.36. The number of sulfone groups is 1. The molecule has 2 aromatic rings. The van der Waals surface area contributed by atoms with Gasteiger partial charge in [0.25, 0.3) is 10.2 Å². The lowest BCUT2D eigenvalue weighted by atomic mass is 9.97. The van der Waals surface area contributed by atoms with E-state index in [0.717, 1.165) is 5.56 Å². The molecule has 0 aliphatic carbocycles. The molecule has 1 aromatic heterocycles. The van der Waals surface area contributed by atoms with Crippen LogP contribution in [-0.4, -0.2) is 75.1 Å². The molecule has 9 nitrogen and oxygen atoms in total. The number of nitrogens with two attached hydrogens (primary N) is 1. The molecule has 2 saturated heterocycles. The Morgan fingerprint density at radius 1 is 1.06 bits per heavy atom. The molecule has 174 valence electrons. The molecule has 0 bridgehead atoms. The van der Waals surface area contributed by atoms with Gasteiger partial charge >= 0.3 is 0 Å². The summed E-state index contributed by atoms with van der Waals surface area (Å²) in [6, 6.07) is 12.0. The van der Waals surface area contributed by atoms with Crippen LogP contribution in [0.4, 0.5) is 0 Å². The van der Waals surface area contributed by atoms with Gasteiger partial charge in [-0.1, -0.05) is 30.3 Å². The molecule has 0 radical (unpaired) electrons. The Morgan fingerprint density at radius 2 is 1.78 bits per heavy atom. The number of aromatic nitrogens is 1. The predicted octanol–water partition coefficient (Wildman–Crippen LogP) is 0.749. The second kappa shape index (κ2) is 9.54. The summed E-state index contributed by atoms with van der Waals surface area (Å²) < 4.78 is 61.4. The molecule has 4 rings (SSSR count). The quantitative estimate of drug-likeness (QED) is 0.620. The maximum atomic E-state index is 13.5. The first-order valence-corrected chi connectivity index (χ1v) is 13.6. The van der Waals surface area contributed by atoms with Gasteiger partial charge < -0.3 is 10.5 Å². The molecule has 2 unspecified atom stereocenters. The van der Waals surface area contributed by atoms with Gasteiger partial charge in [-0.2, -0.15) is 17.0 Å². The Bertz CT molecular complexity index is 1140.